The molecule has 1 aliphatic carbocycles. The molecular weight excluding hydrogens is 466 g/mol. The first-order valence-electron chi connectivity index (χ1n) is 12.1. The van der Waals surface area contributed by atoms with E-state index < -0.39 is 6.04 Å². The summed E-state index contributed by atoms with van der Waals surface area (Å²) in [5, 5.41) is 3.60. The van der Waals surface area contributed by atoms with Gasteiger partial charge in [-0.2, -0.15) is 0 Å². The van der Waals surface area contributed by atoms with Crippen LogP contribution in [-0.2, 0) is 16.1 Å². The average Bonchev–Trinajstić information content (AvgIpc) is 3.45. The molecule has 2 aromatic rings. The fourth-order valence-corrected chi connectivity index (χ4v) is 4.95. The fraction of sp³-hybridized carbons (Fsp3) is 0.407. The molecule has 0 radical (unpaired) electrons. The number of halogens is 1. The molecule has 1 saturated carbocycles. The Hall–Kier alpha value is -3.19. The van der Waals surface area contributed by atoms with Gasteiger partial charge in [0, 0.05) is 30.6 Å². The van der Waals surface area contributed by atoms with Crippen LogP contribution in [0.25, 0.3) is 0 Å². The van der Waals surface area contributed by atoms with E-state index in [1.54, 1.807) is 37.3 Å². The Morgan fingerprint density at radius 2 is 1.63 bits per heavy atom. The summed E-state index contributed by atoms with van der Waals surface area (Å²) in [5.74, 6) is -1.08. The normalized spacial score (nSPS) is 16.3. The third-order valence-corrected chi connectivity index (χ3v) is 7.19. The highest BCUT2D eigenvalue weighted by molar-refractivity contribution is 6.31. The van der Waals surface area contributed by atoms with Crippen LogP contribution >= 0.6 is 11.6 Å². The molecule has 0 spiro atoms. The molecule has 1 fully saturated rings. The lowest BCUT2D eigenvalue weighted by Gasteiger charge is -2.30. The molecular formula is C27H30ClN3O4. The van der Waals surface area contributed by atoms with Gasteiger partial charge in [-0.3, -0.25) is 24.1 Å². The van der Waals surface area contributed by atoms with Gasteiger partial charge in [0.2, 0.25) is 11.8 Å². The SMILES string of the molecule is C[C@H](C(=O)NC1CCCC1)N(Cc1ccccc1Cl)C(=O)CCCN1C(=O)c2ccccc2C1=O. The second-order valence-corrected chi connectivity index (χ2v) is 9.60. The Morgan fingerprint density at radius 3 is 2.26 bits per heavy atom. The molecule has 1 atom stereocenters. The van der Waals surface area contributed by atoms with Crippen molar-refractivity contribution in [3.05, 3.63) is 70.2 Å². The van der Waals surface area contributed by atoms with E-state index >= 15 is 0 Å². The van der Waals surface area contributed by atoms with Crippen LogP contribution in [0.4, 0.5) is 0 Å². The van der Waals surface area contributed by atoms with Crippen molar-refractivity contribution in [2.45, 2.75) is 64.1 Å². The number of imide groups is 1. The van der Waals surface area contributed by atoms with E-state index in [0.717, 1.165) is 31.2 Å². The molecule has 0 unspecified atom stereocenters. The van der Waals surface area contributed by atoms with Gasteiger partial charge in [-0.1, -0.05) is 54.8 Å². The number of nitrogens with one attached hydrogen (secondary N) is 1. The highest BCUT2D eigenvalue weighted by atomic mass is 35.5. The smallest absolute Gasteiger partial charge is 0.261 e. The summed E-state index contributed by atoms with van der Waals surface area (Å²) in [6.07, 6.45) is 4.51. The van der Waals surface area contributed by atoms with Crippen molar-refractivity contribution in [3.63, 3.8) is 0 Å². The summed E-state index contributed by atoms with van der Waals surface area (Å²) in [6, 6.07) is 13.4. The number of fused-ring (bicyclic) bond motifs is 1. The molecule has 184 valence electrons. The number of hydrogen-bond acceptors (Lipinski definition) is 4. The largest absolute Gasteiger partial charge is 0.352 e. The van der Waals surface area contributed by atoms with Crippen molar-refractivity contribution in [3.8, 4) is 0 Å². The quantitative estimate of drug-likeness (QED) is 0.528. The lowest BCUT2D eigenvalue weighted by atomic mass is 10.1. The molecule has 35 heavy (non-hydrogen) atoms. The maximum Gasteiger partial charge on any atom is 0.261 e. The molecule has 1 aliphatic heterocycles. The Morgan fingerprint density at radius 1 is 1.03 bits per heavy atom. The molecule has 4 amide bonds. The van der Waals surface area contributed by atoms with Crippen molar-refractivity contribution in [2.24, 2.45) is 0 Å². The molecule has 0 bridgehead atoms. The van der Waals surface area contributed by atoms with Gasteiger partial charge in [-0.25, -0.2) is 0 Å². The van der Waals surface area contributed by atoms with Crippen molar-refractivity contribution in [1.29, 1.82) is 0 Å². The van der Waals surface area contributed by atoms with Gasteiger partial charge in [-0.15, -0.1) is 0 Å². The van der Waals surface area contributed by atoms with Crippen LogP contribution in [0.1, 0.15) is 71.7 Å². The lowest BCUT2D eigenvalue weighted by molar-refractivity contribution is -0.141. The summed E-state index contributed by atoms with van der Waals surface area (Å²) in [6.45, 7) is 2.06. The van der Waals surface area contributed by atoms with Crippen molar-refractivity contribution < 1.29 is 19.2 Å². The zero-order chi connectivity index (χ0) is 24.9. The summed E-state index contributed by atoms with van der Waals surface area (Å²) in [4.78, 5) is 54.2. The van der Waals surface area contributed by atoms with Crippen LogP contribution in [0, 0.1) is 0 Å². The van der Waals surface area contributed by atoms with Crippen molar-refractivity contribution >= 4 is 35.2 Å². The Bertz CT molecular complexity index is 1090. The van der Waals surface area contributed by atoms with Crippen LogP contribution in [0.5, 0.6) is 0 Å². The molecule has 2 aliphatic rings. The van der Waals surface area contributed by atoms with E-state index in [9.17, 15) is 19.2 Å². The number of carbonyl (C=O) groups is 4. The summed E-state index contributed by atoms with van der Waals surface area (Å²) < 4.78 is 0. The van der Waals surface area contributed by atoms with Crippen LogP contribution in [-0.4, -0.2) is 52.1 Å². The van der Waals surface area contributed by atoms with E-state index in [0.29, 0.717) is 22.6 Å². The van der Waals surface area contributed by atoms with Gasteiger partial charge in [-0.05, 0) is 49.9 Å². The molecule has 1 N–H and O–H groups in total. The molecule has 0 saturated heterocycles. The molecule has 1 heterocycles. The number of rotatable bonds is 9. The first-order valence-corrected chi connectivity index (χ1v) is 12.5. The predicted molar refractivity (Wildman–Crippen MR) is 133 cm³/mol. The Labute approximate surface area is 210 Å². The third kappa shape index (κ3) is 5.56. The highest BCUT2D eigenvalue weighted by Gasteiger charge is 2.35. The van der Waals surface area contributed by atoms with E-state index in [2.05, 4.69) is 5.32 Å². The first kappa shape index (κ1) is 24.9. The number of hydrogen-bond donors (Lipinski definition) is 1. The molecule has 4 rings (SSSR count). The highest BCUT2D eigenvalue weighted by Crippen LogP contribution is 2.24. The van der Waals surface area contributed by atoms with Gasteiger partial charge in [0.15, 0.2) is 0 Å². The lowest BCUT2D eigenvalue weighted by Crippen LogP contribution is -2.49. The van der Waals surface area contributed by atoms with Gasteiger partial charge < -0.3 is 10.2 Å². The van der Waals surface area contributed by atoms with E-state index in [1.165, 1.54) is 9.80 Å². The predicted octanol–water partition coefficient (Wildman–Crippen LogP) is 4.19. The monoisotopic (exact) mass is 495 g/mol. The number of benzene rings is 2. The van der Waals surface area contributed by atoms with E-state index in [4.69, 9.17) is 11.6 Å². The summed E-state index contributed by atoms with van der Waals surface area (Å²) >= 11 is 6.34. The van der Waals surface area contributed by atoms with Gasteiger partial charge in [0.05, 0.1) is 11.1 Å². The Kier molecular flexibility index (Phi) is 7.86. The second kappa shape index (κ2) is 11.0. The van der Waals surface area contributed by atoms with Crippen LogP contribution in [0.15, 0.2) is 48.5 Å². The molecule has 8 heteroatoms. The minimum absolute atomic E-state index is 0.0961. The molecule has 0 aromatic heterocycles. The number of nitrogens with zero attached hydrogens (tertiary/aromatic N) is 2. The number of carbonyl (C=O) groups excluding carboxylic acids is 4. The minimum Gasteiger partial charge on any atom is -0.352 e. The van der Waals surface area contributed by atoms with Crippen LogP contribution < -0.4 is 5.32 Å². The van der Waals surface area contributed by atoms with E-state index in [1.807, 2.05) is 18.2 Å². The maximum absolute atomic E-state index is 13.3. The molecule has 2 aromatic carbocycles. The second-order valence-electron chi connectivity index (χ2n) is 9.19. The summed E-state index contributed by atoms with van der Waals surface area (Å²) in [5.41, 5.74) is 1.53. The summed E-state index contributed by atoms with van der Waals surface area (Å²) in [7, 11) is 0. The van der Waals surface area contributed by atoms with Gasteiger partial charge >= 0.3 is 0 Å². The molecule has 7 nitrogen and oxygen atoms in total. The maximum atomic E-state index is 13.3. The zero-order valence-corrected chi connectivity index (χ0v) is 20.6. The van der Waals surface area contributed by atoms with Gasteiger partial charge in [0.25, 0.3) is 11.8 Å². The average molecular weight is 496 g/mol. The van der Waals surface area contributed by atoms with Crippen LogP contribution in [0.2, 0.25) is 5.02 Å². The standard InChI is InChI=1S/C27H30ClN3O4/c1-18(25(33)29-20-10-3-4-11-20)31(17-19-9-2-7-14-23(19)28)24(32)15-8-16-30-26(34)21-12-5-6-13-22(21)27(30)35/h2,5-7,9,12-14,18,20H,3-4,8,10-11,15-17H2,1H3,(H,29,33)/t18-/m1/s1. The fourth-order valence-electron chi connectivity index (χ4n) is 4.76. The van der Waals surface area contributed by atoms with Crippen molar-refractivity contribution in [2.75, 3.05) is 6.54 Å². The third-order valence-electron chi connectivity index (χ3n) is 6.82. The zero-order valence-electron chi connectivity index (χ0n) is 19.8. The number of amides is 4. The minimum atomic E-state index is -0.682. The van der Waals surface area contributed by atoms with Gasteiger partial charge in [0.1, 0.15) is 6.04 Å². The van der Waals surface area contributed by atoms with Crippen molar-refractivity contribution in [1.82, 2.24) is 15.1 Å². The topological polar surface area (TPSA) is 86.8 Å². The Balaban J connectivity index is 1.42. The first-order chi connectivity index (χ1) is 16.9. The van der Waals surface area contributed by atoms with E-state index in [-0.39, 0.29) is 49.2 Å². The van der Waals surface area contributed by atoms with Crippen LogP contribution in [0.3, 0.4) is 0 Å².